The van der Waals surface area contributed by atoms with Gasteiger partial charge in [-0.25, -0.2) is 0 Å². The quantitative estimate of drug-likeness (QED) is 0.624. The molecule has 0 bridgehead atoms. The van der Waals surface area contributed by atoms with E-state index < -0.39 is 0 Å². The summed E-state index contributed by atoms with van der Waals surface area (Å²) in [7, 11) is 2.80. The number of benzene rings is 2. The summed E-state index contributed by atoms with van der Waals surface area (Å²) in [5.74, 6) is 0.620. The summed E-state index contributed by atoms with van der Waals surface area (Å²) < 4.78 is 0. The highest BCUT2D eigenvalue weighted by atomic mass is 31.0. The Balaban J connectivity index is 0.000000550. The zero-order valence-electron chi connectivity index (χ0n) is 12.3. The first-order chi connectivity index (χ1) is 9.22. The molecule has 19 heavy (non-hydrogen) atoms. The molecule has 0 aliphatic carbocycles. The summed E-state index contributed by atoms with van der Waals surface area (Å²) in [6, 6.07) is 19.4. The van der Waals surface area contributed by atoms with Crippen molar-refractivity contribution in [1.82, 2.24) is 0 Å². The Bertz CT molecular complexity index is 445. The average molecular weight is 272 g/mol. The van der Waals surface area contributed by atoms with Crippen LogP contribution in [0.1, 0.15) is 38.7 Å². The van der Waals surface area contributed by atoms with Crippen molar-refractivity contribution in [3.63, 3.8) is 0 Å². The van der Waals surface area contributed by atoms with Crippen molar-refractivity contribution in [1.29, 1.82) is 0 Å². The van der Waals surface area contributed by atoms with E-state index in [0.717, 1.165) is 6.16 Å². The lowest BCUT2D eigenvalue weighted by atomic mass is 9.99. The maximum absolute atomic E-state index is 2.80. The van der Waals surface area contributed by atoms with Crippen molar-refractivity contribution in [2.45, 2.75) is 33.1 Å². The minimum absolute atomic E-state index is 0.620. The molecule has 2 rings (SSSR count). The van der Waals surface area contributed by atoms with Crippen LogP contribution in [0, 0.1) is 0 Å². The SMILES string of the molecule is CC(CP)c1ccc(-c2ccccc2)cc1.CCC. The van der Waals surface area contributed by atoms with Crippen LogP contribution in [0.15, 0.2) is 54.6 Å². The van der Waals surface area contributed by atoms with E-state index in [-0.39, 0.29) is 0 Å². The Morgan fingerprint density at radius 2 is 1.32 bits per heavy atom. The lowest BCUT2D eigenvalue weighted by Gasteiger charge is -2.09. The second-order valence-corrected chi connectivity index (χ2v) is 5.30. The summed E-state index contributed by atoms with van der Waals surface area (Å²) in [6.45, 7) is 6.50. The summed E-state index contributed by atoms with van der Waals surface area (Å²) in [5.41, 5.74) is 3.99. The first-order valence-corrected chi connectivity index (χ1v) is 7.90. The Morgan fingerprint density at radius 3 is 1.79 bits per heavy atom. The fourth-order valence-corrected chi connectivity index (χ4v) is 2.04. The molecule has 0 aromatic heterocycles. The highest BCUT2D eigenvalue weighted by Gasteiger charge is 2.02. The first kappa shape index (κ1) is 15.9. The van der Waals surface area contributed by atoms with Crippen molar-refractivity contribution in [3.8, 4) is 11.1 Å². The molecule has 0 nitrogen and oxygen atoms in total. The van der Waals surface area contributed by atoms with Gasteiger partial charge in [0.05, 0.1) is 0 Å². The lowest BCUT2D eigenvalue weighted by molar-refractivity contribution is 0.881. The molecule has 0 spiro atoms. The first-order valence-electron chi connectivity index (χ1n) is 7.08. The predicted molar refractivity (Wildman–Crippen MR) is 90.8 cm³/mol. The standard InChI is InChI=1S/C15H17P.C3H8/c1-12(11-16)13-7-9-15(10-8-13)14-5-3-2-4-6-14;1-3-2/h2-10,12H,11,16H2,1H3;3H2,1-2H3. The molecular formula is C18H25P. The molecule has 0 fully saturated rings. The van der Waals surface area contributed by atoms with Gasteiger partial charge in [-0.3, -0.25) is 0 Å². The van der Waals surface area contributed by atoms with Gasteiger partial charge in [0.15, 0.2) is 0 Å². The third kappa shape index (κ3) is 5.17. The van der Waals surface area contributed by atoms with Crippen molar-refractivity contribution in [3.05, 3.63) is 60.2 Å². The maximum atomic E-state index is 2.80. The lowest BCUT2D eigenvalue weighted by Crippen LogP contribution is -1.93. The van der Waals surface area contributed by atoms with Crippen LogP contribution in [0.25, 0.3) is 11.1 Å². The van der Waals surface area contributed by atoms with E-state index in [9.17, 15) is 0 Å². The third-order valence-corrected chi connectivity index (χ3v) is 3.65. The number of hydrogen-bond acceptors (Lipinski definition) is 0. The van der Waals surface area contributed by atoms with Crippen molar-refractivity contribution >= 4 is 9.24 Å². The van der Waals surface area contributed by atoms with Gasteiger partial charge in [-0.15, -0.1) is 9.24 Å². The van der Waals surface area contributed by atoms with Crippen molar-refractivity contribution in [2.24, 2.45) is 0 Å². The van der Waals surface area contributed by atoms with Gasteiger partial charge < -0.3 is 0 Å². The van der Waals surface area contributed by atoms with E-state index in [1.807, 2.05) is 6.07 Å². The fourth-order valence-electron chi connectivity index (χ4n) is 1.77. The second-order valence-electron chi connectivity index (χ2n) is 4.83. The Morgan fingerprint density at radius 1 is 0.842 bits per heavy atom. The van der Waals surface area contributed by atoms with Crippen LogP contribution >= 0.6 is 9.24 Å². The smallest absolute Gasteiger partial charge is 0.0156 e. The molecule has 0 amide bonds. The summed E-state index contributed by atoms with van der Waals surface area (Å²) >= 11 is 0. The van der Waals surface area contributed by atoms with Crippen LogP contribution in [0.2, 0.25) is 0 Å². The average Bonchev–Trinajstić information content (AvgIpc) is 2.48. The van der Waals surface area contributed by atoms with Crippen LogP contribution in [-0.2, 0) is 0 Å². The number of rotatable bonds is 3. The molecule has 0 radical (unpaired) electrons. The molecule has 0 saturated heterocycles. The summed E-state index contributed by atoms with van der Waals surface area (Å²) in [6.07, 6.45) is 2.37. The molecule has 2 unspecified atom stereocenters. The molecule has 2 aromatic rings. The van der Waals surface area contributed by atoms with Gasteiger partial charge in [-0.2, -0.15) is 0 Å². The molecule has 102 valence electrons. The van der Waals surface area contributed by atoms with Crippen LogP contribution in [0.3, 0.4) is 0 Å². The van der Waals surface area contributed by atoms with Gasteiger partial charge >= 0.3 is 0 Å². The van der Waals surface area contributed by atoms with E-state index in [1.54, 1.807) is 0 Å². The molecule has 0 saturated carbocycles. The normalized spacial score (nSPS) is 11.4. The molecular weight excluding hydrogens is 247 g/mol. The Hall–Kier alpha value is -1.13. The largest absolute Gasteiger partial charge is 0.137 e. The molecule has 0 N–H and O–H groups in total. The maximum Gasteiger partial charge on any atom is -0.0156 e. The zero-order valence-corrected chi connectivity index (χ0v) is 13.4. The van der Waals surface area contributed by atoms with Gasteiger partial charge in [0.2, 0.25) is 0 Å². The zero-order chi connectivity index (χ0) is 14.1. The van der Waals surface area contributed by atoms with E-state index in [0.29, 0.717) is 5.92 Å². The highest BCUT2D eigenvalue weighted by molar-refractivity contribution is 7.16. The minimum Gasteiger partial charge on any atom is -0.137 e. The highest BCUT2D eigenvalue weighted by Crippen LogP contribution is 2.23. The molecule has 1 heteroatoms. The third-order valence-electron chi connectivity index (χ3n) is 2.94. The Labute approximate surface area is 120 Å². The molecule has 0 aliphatic rings. The van der Waals surface area contributed by atoms with Crippen LogP contribution in [0.4, 0.5) is 0 Å². The van der Waals surface area contributed by atoms with E-state index in [1.165, 1.54) is 23.1 Å². The summed E-state index contributed by atoms with van der Waals surface area (Å²) in [5, 5.41) is 0. The van der Waals surface area contributed by atoms with Crippen LogP contribution in [0.5, 0.6) is 0 Å². The van der Waals surface area contributed by atoms with E-state index >= 15 is 0 Å². The molecule has 0 aliphatic heterocycles. The predicted octanol–water partition coefficient (Wildman–Crippen LogP) is 5.75. The van der Waals surface area contributed by atoms with Crippen LogP contribution in [-0.4, -0.2) is 6.16 Å². The summed E-state index contributed by atoms with van der Waals surface area (Å²) in [4.78, 5) is 0. The topological polar surface area (TPSA) is 0 Å². The van der Waals surface area contributed by atoms with E-state index in [2.05, 4.69) is 78.5 Å². The molecule has 2 aromatic carbocycles. The second kappa shape index (κ2) is 8.88. The molecule has 0 heterocycles. The van der Waals surface area contributed by atoms with Crippen molar-refractivity contribution < 1.29 is 0 Å². The van der Waals surface area contributed by atoms with Crippen molar-refractivity contribution in [2.75, 3.05) is 6.16 Å². The van der Waals surface area contributed by atoms with Gasteiger partial charge in [0.25, 0.3) is 0 Å². The van der Waals surface area contributed by atoms with E-state index in [4.69, 9.17) is 0 Å². The van der Waals surface area contributed by atoms with Gasteiger partial charge in [0, 0.05) is 0 Å². The van der Waals surface area contributed by atoms with Gasteiger partial charge in [-0.1, -0.05) is 81.8 Å². The fraction of sp³-hybridized carbons (Fsp3) is 0.333. The van der Waals surface area contributed by atoms with Gasteiger partial charge in [-0.05, 0) is 28.8 Å². The van der Waals surface area contributed by atoms with Gasteiger partial charge in [0.1, 0.15) is 0 Å². The Kier molecular flexibility index (Phi) is 7.45. The molecule has 2 atom stereocenters. The minimum atomic E-state index is 0.620. The van der Waals surface area contributed by atoms with Crippen LogP contribution < -0.4 is 0 Å². The number of hydrogen-bond donors (Lipinski definition) is 0. The monoisotopic (exact) mass is 272 g/mol.